The number of nitrogens with zero attached hydrogens (tertiary/aromatic N) is 2. The van der Waals surface area contributed by atoms with Gasteiger partial charge < -0.3 is 9.47 Å². The van der Waals surface area contributed by atoms with Crippen molar-refractivity contribution >= 4 is 34.4 Å². The molecule has 2 atom stereocenters. The van der Waals surface area contributed by atoms with Crippen LogP contribution >= 0.6 is 0 Å². The Kier molecular flexibility index (Phi) is 6.33. The van der Waals surface area contributed by atoms with E-state index in [1.165, 1.54) is 9.80 Å². The first-order valence-corrected chi connectivity index (χ1v) is 13.4. The molecule has 8 heteroatoms. The summed E-state index contributed by atoms with van der Waals surface area (Å²) in [6, 6.07) is 19.8. The summed E-state index contributed by atoms with van der Waals surface area (Å²) in [7, 11) is 3.15. The molecule has 0 N–H and O–H groups in total. The zero-order valence-electron chi connectivity index (χ0n) is 23.1. The van der Waals surface area contributed by atoms with E-state index in [0.29, 0.717) is 39.8 Å². The van der Waals surface area contributed by atoms with Crippen molar-refractivity contribution in [2.45, 2.75) is 32.4 Å². The van der Waals surface area contributed by atoms with Gasteiger partial charge in [0.05, 0.1) is 26.3 Å². The van der Waals surface area contributed by atoms with Crippen LogP contribution < -0.4 is 9.47 Å². The van der Waals surface area contributed by atoms with Crippen molar-refractivity contribution in [3.8, 4) is 11.5 Å². The Balaban J connectivity index is 1.43. The maximum atomic E-state index is 13.9. The lowest BCUT2D eigenvalue weighted by molar-refractivity contribution is 0.0517. The predicted octanol–water partition coefficient (Wildman–Crippen LogP) is 5.96. The monoisotopic (exact) mass is 548 g/mol. The number of imide groups is 2. The van der Waals surface area contributed by atoms with Crippen LogP contribution in [-0.2, 0) is 0 Å². The Bertz CT molecular complexity index is 1670. The molecule has 2 aliphatic rings. The Morgan fingerprint density at radius 2 is 0.927 bits per heavy atom. The molecule has 2 aliphatic heterocycles. The van der Waals surface area contributed by atoms with Gasteiger partial charge in [-0.15, -0.1) is 0 Å². The standard InChI is InChI=1S/C33H28N2O6/c1-5-27(20-8-12-22(41-4)13-9-20)35-32(38)25-16-14-23-28-24(15-17-26(29(25)28)33(35)39)31(37)34(30(23)36)18(2)19-6-10-21(40-3)11-7-19/h6-18,27H,5H2,1-4H3. The maximum Gasteiger partial charge on any atom is 0.261 e. The molecular formula is C33H28N2O6. The van der Waals surface area contributed by atoms with Gasteiger partial charge in [0.2, 0.25) is 0 Å². The first-order chi connectivity index (χ1) is 19.8. The minimum absolute atomic E-state index is 0.289. The number of benzene rings is 4. The molecule has 0 spiro atoms. The number of carbonyl (C=O) groups excluding carboxylic acids is 4. The van der Waals surface area contributed by atoms with E-state index >= 15 is 0 Å². The Morgan fingerprint density at radius 1 is 0.561 bits per heavy atom. The second kappa shape index (κ2) is 9.89. The summed E-state index contributed by atoms with van der Waals surface area (Å²) in [6.45, 7) is 3.71. The van der Waals surface area contributed by atoms with Crippen molar-refractivity contribution in [1.82, 2.24) is 9.80 Å². The second-order valence-electron chi connectivity index (χ2n) is 10.2. The summed E-state index contributed by atoms with van der Waals surface area (Å²) in [5.41, 5.74) is 2.74. The van der Waals surface area contributed by atoms with Gasteiger partial charge in [0.15, 0.2) is 0 Å². The summed E-state index contributed by atoms with van der Waals surface area (Å²) >= 11 is 0. The highest BCUT2D eigenvalue weighted by Gasteiger charge is 2.42. The number of amides is 4. The minimum atomic E-state index is -0.551. The Hall–Kier alpha value is -4.98. The third-order valence-corrected chi connectivity index (χ3v) is 8.14. The molecule has 0 radical (unpaired) electrons. The maximum absolute atomic E-state index is 13.9. The van der Waals surface area contributed by atoms with Crippen molar-refractivity contribution in [2.24, 2.45) is 0 Å². The molecular weight excluding hydrogens is 520 g/mol. The highest BCUT2D eigenvalue weighted by Crippen LogP contribution is 2.42. The molecule has 0 saturated carbocycles. The molecule has 8 nitrogen and oxygen atoms in total. The Labute approximate surface area is 237 Å². The summed E-state index contributed by atoms with van der Waals surface area (Å²) in [4.78, 5) is 57.9. The van der Waals surface area contributed by atoms with Crippen LogP contribution in [0.1, 0.15) is 84.9 Å². The van der Waals surface area contributed by atoms with Crippen LogP contribution in [0.2, 0.25) is 0 Å². The van der Waals surface area contributed by atoms with Crippen LogP contribution in [0.15, 0.2) is 72.8 Å². The lowest BCUT2D eigenvalue weighted by Gasteiger charge is -2.36. The number of hydrogen-bond acceptors (Lipinski definition) is 6. The van der Waals surface area contributed by atoms with Crippen LogP contribution in [0.4, 0.5) is 0 Å². The number of ether oxygens (including phenoxy) is 2. The van der Waals surface area contributed by atoms with Crippen molar-refractivity contribution < 1.29 is 28.7 Å². The molecule has 206 valence electrons. The minimum Gasteiger partial charge on any atom is -0.497 e. The molecule has 0 aromatic heterocycles. The summed E-state index contributed by atoms with van der Waals surface area (Å²) < 4.78 is 10.5. The fourth-order valence-electron chi connectivity index (χ4n) is 5.97. The molecule has 2 heterocycles. The zero-order valence-corrected chi connectivity index (χ0v) is 23.1. The van der Waals surface area contributed by atoms with E-state index < -0.39 is 35.7 Å². The highest BCUT2D eigenvalue weighted by molar-refractivity contribution is 6.33. The quantitative estimate of drug-likeness (QED) is 0.265. The predicted molar refractivity (Wildman–Crippen MR) is 152 cm³/mol. The zero-order chi connectivity index (χ0) is 29.0. The van der Waals surface area contributed by atoms with E-state index in [9.17, 15) is 19.2 Å². The van der Waals surface area contributed by atoms with Gasteiger partial charge in [0.1, 0.15) is 11.5 Å². The van der Waals surface area contributed by atoms with Gasteiger partial charge in [-0.1, -0.05) is 31.2 Å². The van der Waals surface area contributed by atoms with Crippen molar-refractivity contribution in [3.63, 3.8) is 0 Å². The van der Waals surface area contributed by atoms with Gasteiger partial charge in [0, 0.05) is 33.0 Å². The highest BCUT2D eigenvalue weighted by atomic mass is 16.5. The van der Waals surface area contributed by atoms with Crippen LogP contribution in [0.3, 0.4) is 0 Å². The first kappa shape index (κ1) is 26.3. The average Bonchev–Trinajstić information content (AvgIpc) is 3.01. The van der Waals surface area contributed by atoms with Crippen molar-refractivity contribution in [2.75, 3.05) is 14.2 Å². The van der Waals surface area contributed by atoms with Gasteiger partial charge >= 0.3 is 0 Å². The van der Waals surface area contributed by atoms with E-state index in [-0.39, 0.29) is 11.1 Å². The van der Waals surface area contributed by atoms with Crippen LogP contribution in [0, 0.1) is 0 Å². The molecule has 41 heavy (non-hydrogen) atoms. The van der Waals surface area contributed by atoms with Gasteiger partial charge in [-0.3, -0.25) is 29.0 Å². The smallest absolute Gasteiger partial charge is 0.261 e. The van der Waals surface area contributed by atoms with E-state index in [1.54, 1.807) is 69.7 Å². The van der Waals surface area contributed by atoms with Gasteiger partial charge in [-0.2, -0.15) is 0 Å². The largest absolute Gasteiger partial charge is 0.497 e. The normalized spacial score (nSPS) is 15.8. The third kappa shape index (κ3) is 3.89. The molecule has 6 rings (SSSR count). The van der Waals surface area contributed by atoms with Gasteiger partial charge in [-0.05, 0) is 73.0 Å². The van der Waals surface area contributed by atoms with Crippen molar-refractivity contribution in [3.05, 3.63) is 106 Å². The number of rotatable bonds is 7. The summed E-state index contributed by atoms with van der Waals surface area (Å²) in [5, 5.41) is 0.710. The molecule has 4 amide bonds. The Morgan fingerprint density at radius 3 is 1.29 bits per heavy atom. The van der Waals surface area contributed by atoms with Gasteiger partial charge in [0.25, 0.3) is 23.6 Å². The fraction of sp³-hybridized carbons (Fsp3) is 0.212. The van der Waals surface area contributed by atoms with E-state index in [0.717, 1.165) is 11.1 Å². The molecule has 0 aliphatic carbocycles. The van der Waals surface area contributed by atoms with Crippen LogP contribution in [0.5, 0.6) is 11.5 Å². The molecule has 4 aromatic rings. The van der Waals surface area contributed by atoms with Gasteiger partial charge in [-0.25, -0.2) is 0 Å². The van der Waals surface area contributed by atoms with Crippen molar-refractivity contribution in [1.29, 1.82) is 0 Å². The van der Waals surface area contributed by atoms with E-state index in [1.807, 2.05) is 31.2 Å². The SMILES string of the molecule is CCC(c1ccc(OC)cc1)N1C(=O)c2ccc3c4c(ccc(c24)C1=O)C(=O)N(C(C)c1ccc(OC)cc1)C3=O. The number of hydrogen-bond donors (Lipinski definition) is 0. The third-order valence-electron chi connectivity index (χ3n) is 8.14. The molecule has 0 saturated heterocycles. The number of methoxy groups -OCH3 is 2. The second-order valence-corrected chi connectivity index (χ2v) is 10.2. The molecule has 2 unspecified atom stereocenters. The number of carbonyl (C=O) groups is 4. The molecule has 0 fully saturated rings. The topological polar surface area (TPSA) is 93.2 Å². The fourth-order valence-corrected chi connectivity index (χ4v) is 5.97. The van der Waals surface area contributed by atoms with Crippen LogP contribution in [0.25, 0.3) is 10.8 Å². The lowest BCUT2D eigenvalue weighted by atomic mass is 9.84. The molecule has 4 aromatic carbocycles. The van der Waals surface area contributed by atoms with E-state index in [4.69, 9.17) is 9.47 Å². The summed E-state index contributed by atoms with van der Waals surface area (Å²) in [6.07, 6.45) is 0.508. The van der Waals surface area contributed by atoms with E-state index in [2.05, 4.69) is 0 Å². The lowest BCUT2D eigenvalue weighted by Crippen LogP contribution is -2.45. The average molecular weight is 549 g/mol. The van der Waals surface area contributed by atoms with Crippen LogP contribution in [-0.4, -0.2) is 47.6 Å². The first-order valence-electron chi connectivity index (χ1n) is 13.4. The molecule has 0 bridgehead atoms. The summed E-state index contributed by atoms with van der Waals surface area (Å²) in [5.74, 6) is -0.509.